The number of nitrogens with one attached hydrogen (secondary N) is 2. The van der Waals surface area contributed by atoms with E-state index in [1.165, 1.54) is 41.3 Å². The smallest absolute Gasteiger partial charge is 0.261 e. The molecule has 2 amide bonds. The van der Waals surface area contributed by atoms with Crippen molar-refractivity contribution < 1.29 is 27.1 Å². The molecule has 0 spiro atoms. The number of anilines is 1. The highest BCUT2D eigenvalue weighted by Gasteiger charge is 2.31. The Morgan fingerprint density at radius 3 is 1.91 bits per heavy atom. The lowest BCUT2D eigenvalue weighted by Crippen LogP contribution is -2.45. The molecule has 5 aromatic carbocycles. The van der Waals surface area contributed by atoms with Crippen molar-refractivity contribution in [2.45, 2.75) is 23.9 Å². The van der Waals surface area contributed by atoms with Crippen LogP contribution in [0.3, 0.4) is 0 Å². The number of rotatable bonds is 14. The zero-order chi connectivity index (χ0) is 33.1. The van der Waals surface area contributed by atoms with Gasteiger partial charge >= 0.3 is 0 Å². The van der Waals surface area contributed by atoms with Crippen molar-refractivity contribution in [1.82, 2.24) is 10.2 Å². The van der Waals surface area contributed by atoms with Gasteiger partial charge in [0.2, 0.25) is 5.91 Å². The highest BCUT2D eigenvalue weighted by Crippen LogP contribution is 2.25. The zero-order valence-corrected chi connectivity index (χ0v) is 26.3. The van der Waals surface area contributed by atoms with Gasteiger partial charge in [-0.2, -0.15) is 0 Å². The molecule has 0 aliphatic rings. The van der Waals surface area contributed by atoms with Gasteiger partial charge in [-0.3, -0.25) is 14.3 Å². The molecule has 0 aliphatic heterocycles. The minimum atomic E-state index is -3.95. The molecule has 240 valence electrons. The second-order valence-corrected chi connectivity index (χ2v) is 12.4. The Morgan fingerprint density at radius 2 is 1.30 bits per heavy atom. The van der Waals surface area contributed by atoms with Crippen LogP contribution in [-0.4, -0.2) is 38.3 Å². The maximum Gasteiger partial charge on any atom is 0.261 e. The fourth-order valence-corrected chi connectivity index (χ4v) is 6.02. The average molecular weight is 652 g/mol. The van der Waals surface area contributed by atoms with E-state index in [9.17, 15) is 22.4 Å². The van der Waals surface area contributed by atoms with Crippen LogP contribution in [0.25, 0.3) is 0 Å². The second-order valence-electron chi connectivity index (χ2n) is 10.7. The predicted molar refractivity (Wildman–Crippen MR) is 178 cm³/mol. The summed E-state index contributed by atoms with van der Waals surface area (Å²) in [5, 5.41) is 3.01. The monoisotopic (exact) mass is 651 g/mol. The standard InChI is InChI=1S/C37H34FN3O5S/c38-31-16-18-32(19-17-31)40-47(44,45)34-22-20-33(21-23-34)46-27-35(42)41(26-29-12-6-2-7-13-29)36(30-14-8-3-9-15-30)37(43)39-25-24-28-10-4-1-5-11-28/h1-23,36,40H,24-27H2,(H,39,43). The summed E-state index contributed by atoms with van der Waals surface area (Å²) in [6, 6.07) is 37.9. The molecule has 0 aliphatic carbocycles. The summed E-state index contributed by atoms with van der Waals surface area (Å²) in [5.41, 5.74) is 2.78. The first-order chi connectivity index (χ1) is 22.8. The lowest BCUT2D eigenvalue weighted by atomic mass is 10.0. The van der Waals surface area contributed by atoms with E-state index in [-0.39, 0.29) is 28.8 Å². The van der Waals surface area contributed by atoms with Crippen LogP contribution in [0.2, 0.25) is 0 Å². The Morgan fingerprint density at radius 1 is 0.723 bits per heavy atom. The molecule has 1 atom stereocenters. The van der Waals surface area contributed by atoms with Crippen LogP contribution in [0.5, 0.6) is 5.75 Å². The number of sulfonamides is 1. The van der Waals surface area contributed by atoms with Gasteiger partial charge in [-0.15, -0.1) is 0 Å². The van der Waals surface area contributed by atoms with Gasteiger partial charge in [-0.05, 0) is 71.6 Å². The first-order valence-electron chi connectivity index (χ1n) is 15.0. The normalized spacial score (nSPS) is 11.7. The largest absolute Gasteiger partial charge is 0.484 e. The van der Waals surface area contributed by atoms with E-state index in [0.717, 1.165) is 23.3 Å². The molecule has 10 heteroatoms. The van der Waals surface area contributed by atoms with Crippen molar-refractivity contribution in [2.75, 3.05) is 17.9 Å². The van der Waals surface area contributed by atoms with E-state index < -0.39 is 34.4 Å². The molecule has 0 saturated carbocycles. The Bertz CT molecular complexity index is 1860. The van der Waals surface area contributed by atoms with Crippen molar-refractivity contribution >= 4 is 27.5 Å². The van der Waals surface area contributed by atoms with Crippen LogP contribution < -0.4 is 14.8 Å². The van der Waals surface area contributed by atoms with Gasteiger partial charge in [-0.1, -0.05) is 91.0 Å². The number of halogens is 1. The topological polar surface area (TPSA) is 105 Å². The number of benzene rings is 5. The van der Waals surface area contributed by atoms with Crippen LogP contribution in [0.15, 0.2) is 144 Å². The molecule has 47 heavy (non-hydrogen) atoms. The molecule has 2 N–H and O–H groups in total. The number of ether oxygens (including phenoxy) is 1. The van der Waals surface area contributed by atoms with Crippen molar-refractivity contribution in [2.24, 2.45) is 0 Å². The lowest BCUT2D eigenvalue weighted by molar-refractivity contribution is -0.143. The van der Waals surface area contributed by atoms with Crippen molar-refractivity contribution in [3.05, 3.63) is 162 Å². The first-order valence-corrected chi connectivity index (χ1v) is 16.5. The van der Waals surface area contributed by atoms with Crippen LogP contribution in [0.1, 0.15) is 22.7 Å². The van der Waals surface area contributed by atoms with Gasteiger partial charge in [0.1, 0.15) is 17.6 Å². The van der Waals surface area contributed by atoms with Crippen LogP contribution in [-0.2, 0) is 32.6 Å². The zero-order valence-electron chi connectivity index (χ0n) is 25.5. The highest BCUT2D eigenvalue weighted by molar-refractivity contribution is 7.92. The van der Waals surface area contributed by atoms with E-state index in [0.29, 0.717) is 18.5 Å². The molecule has 0 saturated heterocycles. The van der Waals surface area contributed by atoms with Crippen molar-refractivity contribution in [3.8, 4) is 5.75 Å². The number of amides is 2. The van der Waals surface area contributed by atoms with Crippen molar-refractivity contribution in [3.63, 3.8) is 0 Å². The van der Waals surface area contributed by atoms with Crippen molar-refractivity contribution in [1.29, 1.82) is 0 Å². The summed E-state index contributed by atoms with van der Waals surface area (Å²) < 4.78 is 47.0. The maximum atomic E-state index is 13.9. The van der Waals surface area contributed by atoms with Gasteiger partial charge in [-0.25, -0.2) is 12.8 Å². The molecule has 0 bridgehead atoms. The van der Waals surface area contributed by atoms with E-state index in [2.05, 4.69) is 10.0 Å². The maximum absolute atomic E-state index is 13.9. The Balaban J connectivity index is 1.32. The van der Waals surface area contributed by atoms with Gasteiger partial charge < -0.3 is 15.0 Å². The van der Waals surface area contributed by atoms with Crippen LogP contribution in [0.4, 0.5) is 10.1 Å². The summed E-state index contributed by atoms with van der Waals surface area (Å²) in [4.78, 5) is 29.1. The molecular formula is C37H34FN3O5S. The molecule has 5 rings (SSSR count). The average Bonchev–Trinajstić information content (AvgIpc) is 3.09. The third kappa shape index (κ3) is 9.27. The second kappa shape index (κ2) is 15.7. The molecule has 0 radical (unpaired) electrons. The third-order valence-electron chi connectivity index (χ3n) is 7.34. The third-order valence-corrected chi connectivity index (χ3v) is 8.74. The molecule has 0 fully saturated rings. The SMILES string of the molecule is O=C(NCCc1ccccc1)C(c1ccccc1)N(Cc1ccccc1)C(=O)COc1ccc(S(=O)(=O)Nc2ccc(F)cc2)cc1. The van der Waals surface area contributed by atoms with E-state index in [1.54, 1.807) is 0 Å². The Hall–Kier alpha value is -5.48. The Kier molecular flexibility index (Phi) is 11.0. The summed E-state index contributed by atoms with van der Waals surface area (Å²) in [7, 11) is -3.95. The van der Waals surface area contributed by atoms with Gasteiger partial charge in [0.25, 0.3) is 15.9 Å². The van der Waals surface area contributed by atoms with E-state index >= 15 is 0 Å². The summed E-state index contributed by atoms with van der Waals surface area (Å²) in [5.74, 6) is -0.970. The van der Waals surface area contributed by atoms with Gasteiger partial charge in [0.05, 0.1) is 4.90 Å². The fourth-order valence-electron chi connectivity index (χ4n) is 4.96. The molecule has 5 aromatic rings. The van der Waals surface area contributed by atoms with E-state index in [4.69, 9.17) is 4.74 Å². The number of hydrogen-bond acceptors (Lipinski definition) is 5. The quantitative estimate of drug-likeness (QED) is 0.150. The number of carbonyl (C=O) groups excluding carboxylic acids is 2. The van der Waals surface area contributed by atoms with Gasteiger partial charge in [0.15, 0.2) is 6.61 Å². The first kappa shape index (κ1) is 32.9. The Labute approximate surface area is 273 Å². The summed E-state index contributed by atoms with van der Waals surface area (Å²) >= 11 is 0. The molecule has 0 heterocycles. The predicted octanol–water partition coefficient (Wildman–Crippen LogP) is 6.13. The molecule has 1 unspecified atom stereocenters. The van der Waals surface area contributed by atoms with Gasteiger partial charge in [0, 0.05) is 18.8 Å². The number of nitrogens with zero attached hydrogens (tertiary/aromatic N) is 1. The van der Waals surface area contributed by atoms with E-state index in [1.807, 2.05) is 91.0 Å². The summed E-state index contributed by atoms with van der Waals surface area (Å²) in [6.45, 7) is 0.148. The molecule has 0 aromatic heterocycles. The summed E-state index contributed by atoms with van der Waals surface area (Å²) in [6.07, 6.45) is 0.634. The number of carbonyl (C=O) groups is 2. The minimum Gasteiger partial charge on any atom is -0.484 e. The lowest BCUT2D eigenvalue weighted by Gasteiger charge is -2.31. The number of hydrogen-bond donors (Lipinski definition) is 2. The molecular weight excluding hydrogens is 617 g/mol. The van der Waals surface area contributed by atoms with Crippen LogP contribution >= 0.6 is 0 Å². The minimum absolute atomic E-state index is 0.0393. The molecule has 8 nitrogen and oxygen atoms in total. The highest BCUT2D eigenvalue weighted by atomic mass is 32.2. The van der Waals surface area contributed by atoms with Crippen LogP contribution in [0, 0.1) is 5.82 Å². The fraction of sp³-hybridized carbons (Fsp3) is 0.135.